The lowest BCUT2D eigenvalue weighted by atomic mass is 9.75. The van der Waals surface area contributed by atoms with Crippen molar-refractivity contribution < 1.29 is 121 Å². The minimum absolute atomic E-state index is 0.0134. The number of rotatable bonds is 17. The lowest BCUT2D eigenvalue weighted by molar-refractivity contribution is -0.334. The number of phenolic OH excluding ortho intramolecular Hbond substituents is 2. The zero-order chi connectivity index (χ0) is 59.3. The van der Waals surface area contributed by atoms with Crippen molar-refractivity contribution in [3.8, 4) is 17.2 Å². The van der Waals surface area contributed by atoms with E-state index in [4.69, 9.17) is 66.3 Å². The topological polar surface area (TPSA) is 336 Å². The van der Waals surface area contributed by atoms with E-state index in [2.05, 4.69) is 0 Å². The Hall–Kier alpha value is -4.55. The van der Waals surface area contributed by atoms with Crippen LogP contribution < -0.4 is 4.74 Å². The minimum Gasteiger partial charge on any atom is -0.507 e. The molecule has 0 aromatic heterocycles. The average molecular weight is 1150 g/mol. The summed E-state index contributed by atoms with van der Waals surface area (Å²) in [7, 11) is 2.67. The molecule has 0 radical (unpaired) electrons. The lowest BCUT2D eigenvalue weighted by Crippen LogP contribution is -2.59. The van der Waals surface area contributed by atoms with E-state index in [1.54, 1.807) is 34.6 Å². The number of phenols is 2. The molecule has 5 aliphatic heterocycles. The van der Waals surface area contributed by atoms with Gasteiger partial charge in [-0.05, 0) is 78.0 Å². The van der Waals surface area contributed by atoms with E-state index >= 15 is 4.79 Å². The largest absolute Gasteiger partial charge is 0.507 e. The molecule has 8 rings (SSSR count). The molecule has 0 unspecified atom stereocenters. The first-order valence-corrected chi connectivity index (χ1v) is 27.4. The van der Waals surface area contributed by atoms with Crippen molar-refractivity contribution in [2.45, 2.75) is 242 Å². The van der Waals surface area contributed by atoms with Crippen LogP contribution in [0.25, 0.3) is 10.8 Å². The maximum Gasteiger partial charge on any atom is 0.303 e. The Labute approximate surface area is 468 Å². The van der Waals surface area contributed by atoms with Crippen LogP contribution in [0.2, 0.25) is 0 Å². The number of benzene rings is 2. The summed E-state index contributed by atoms with van der Waals surface area (Å²) in [6.07, 6.45) is -21.9. The fourth-order valence-electron chi connectivity index (χ4n) is 12.2. The number of hydrogen-bond acceptors (Lipinski definition) is 25. The molecule has 0 saturated carbocycles. The number of aliphatic hydroxyl groups excluding tert-OH is 3. The molecule has 6 aliphatic rings. The first-order valence-electron chi connectivity index (χ1n) is 27.4. The summed E-state index contributed by atoms with van der Waals surface area (Å²) >= 11 is 0. The highest BCUT2D eigenvalue weighted by atomic mass is 16.7. The summed E-state index contributed by atoms with van der Waals surface area (Å²) in [5, 5.41) is 68.7. The van der Waals surface area contributed by atoms with Gasteiger partial charge in [0.15, 0.2) is 48.9 Å². The van der Waals surface area contributed by atoms with Gasteiger partial charge in [0, 0.05) is 78.6 Å². The van der Waals surface area contributed by atoms with E-state index in [1.807, 2.05) is 0 Å². The summed E-state index contributed by atoms with van der Waals surface area (Å²) < 4.78 is 84.1. The molecule has 5 fully saturated rings. The number of esters is 2. The first-order chi connectivity index (χ1) is 38.1. The average Bonchev–Trinajstić information content (AvgIpc) is 3.51. The van der Waals surface area contributed by atoms with Crippen LogP contribution in [0.5, 0.6) is 17.2 Å². The van der Waals surface area contributed by atoms with E-state index in [1.165, 1.54) is 54.0 Å². The SMILES string of the molecule is CO[C@@H]1[C@H](O)C[C@H](O[C@H]2C[C@H](Oc3cc4cc5c(c(O)c4c(O)c3C)C(=O)[C@@H](O[C@H]3C[C@@H](O[C@H]4C[C@@H](O[C@H]6C[C@](C)(O)[C@H](OC(C)=O)[C@@H](C)O6)[C@H](O)[C@@H](C)O4)[C@H](O)[C@@H](C)O3)[C@H]([C@H](OC)C(=O)C(C)=O)C5)O[C@H](C)[C@@H]2OC(C)=O)O[C@@H]1C. The van der Waals surface area contributed by atoms with Crippen molar-refractivity contribution in [2.24, 2.45) is 5.92 Å². The fourth-order valence-corrected chi connectivity index (χ4v) is 12.2. The minimum atomic E-state index is -1.63. The van der Waals surface area contributed by atoms with Gasteiger partial charge in [-0.2, -0.15) is 0 Å². The molecule has 6 N–H and O–H groups in total. The predicted molar refractivity (Wildman–Crippen MR) is 275 cm³/mol. The third kappa shape index (κ3) is 13.4. The number of methoxy groups -OCH3 is 2. The molecular formula is C56H78O25. The van der Waals surface area contributed by atoms with Crippen molar-refractivity contribution in [1.82, 2.24) is 0 Å². The molecule has 452 valence electrons. The number of hydrogen-bond donors (Lipinski definition) is 6. The Morgan fingerprint density at radius 1 is 0.667 bits per heavy atom. The third-order valence-electron chi connectivity index (χ3n) is 16.2. The molecule has 0 spiro atoms. The number of carbonyl (C=O) groups excluding carboxylic acids is 5. The standard InChI is InChI=1S/C56H78O25/c1-21-34(77-40-19-37(52(26(6)73-40)75-28(8)58)80-38-16-33(60)51(68-11)25(5)72-38)15-31-13-30-14-32(53(69-12)46(62)22(2)57)54(50(66)44(30)49(65)43(31)45(21)61)81-41-18-35(47(63)24(4)71-41)78-39-17-36(48(64)23(3)70-39)79-42-20-56(10,67)55(27(7)74-42)76-29(9)59/h13,15,23-27,32-33,35-42,47-48,51-55,60-61,63-65,67H,14,16-20H2,1-12H3/t23-,24-,25-,26-,27-,32+,33-,35-,36-,37+,38+,39+,40+,41+,42+,47-,48-,51+,52+,53+,54+,55-,56+/m1/s1. The monoisotopic (exact) mass is 1150 g/mol. The second-order valence-corrected chi connectivity index (χ2v) is 22.4. The number of ketones is 3. The summed E-state index contributed by atoms with van der Waals surface area (Å²) in [5.41, 5.74) is -1.43. The zero-order valence-electron chi connectivity index (χ0n) is 47.5. The fraction of sp³-hybridized carbons (Fsp3) is 0.732. The molecule has 1 aliphatic carbocycles. The number of fused-ring (bicyclic) bond motifs is 2. The number of aliphatic hydroxyl groups is 4. The number of carbonyl (C=O) groups is 5. The zero-order valence-corrected chi connectivity index (χ0v) is 47.5. The van der Waals surface area contributed by atoms with E-state index < -0.39 is 181 Å². The normalized spacial score (nSPS) is 39.6. The van der Waals surface area contributed by atoms with E-state index in [0.717, 1.165) is 6.92 Å². The van der Waals surface area contributed by atoms with E-state index in [-0.39, 0.29) is 71.7 Å². The molecular weight excluding hydrogens is 1070 g/mol. The molecule has 81 heavy (non-hydrogen) atoms. The van der Waals surface area contributed by atoms with Crippen LogP contribution >= 0.6 is 0 Å². The molecule has 0 bridgehead atoms. The van der Waals surface area contributed by atoms with Crippen molar-refractivity contribution in [2.75, 3.05) is 14.2 Å². The van der Waals surface area contributed by atoms with Gasteiger partial charge in [-0.15, -0.1) is 0 Å². The summed E-state index contributed by atoms with van der Waals surface area (Å²) in [6, 6.07) is 3.07. The van der Waals surface area contributed by atoms with Crippen LogP contribution in [0, 0.1) is 12.8 Å². The van der Waals surface area contributed by atoms with Gasteiger partial charge in [0.25, 0.3) is 0 Å². The van der Waals surface area contributed by atoms with Crippen molar-refractivity contribution in [3.05, 3.63) is 28.8 Å². The molecule has 23 atom stereocenters. The lowest BCUT2D eigenvalue weighted by Gasteiger charge is -2.46. The van der Waals surface area contributed by atoms with Crippen LogP contribution in [-0.2, 0) is 87.2 Å². The van der Waals surface area contributed by atoms with Crippen molar-refractivity contribution >= 4 is 40.1 Å². The smallest absolute Gasteiger partial charge is 0.303 e. The van der Waals surface area contributed by atoms with Crippen LogP contribution in [0.3, 0.4) is 0 Å². The summed E-state index contributed by atoms with van der Waals surface area (Å²) in [4.78, 5) is 65.4. The highest BCUT2D eigenvalue weighted by Gasteiger charge is 2.52. The van der Waals surface area contributed by atoms with Gasteiger partial charge in [0.05, 0.1) is 59.8 Å². The van der Waals surface area contributed by atoms with Gasteiger partial charge in [-0.25, -0.2) is 0 Å². The Balaban J connectivity index is 1.02. The predicted octanol–water partition coefficient (Wildman–Crippen LogP) is 2.39. The molecule has 25 heteroatoms. The van der Waals surface area contributed by atoms with Gasteiger partial charge in [-0.1, -0.05) is 0 Å². The Kier molecular flexibility index (Phi) is 19.6. The van der Waals surface area contributed by atoms with Gasteiger partial charge in [-0.3, -0.25) is 24.0 Å². The summed E-state index contributed by atoms with van der Waals surface area (Å²) in [6.45, 7) is 14.7. The van der Waals surface area contributed by atoms with Gasteiger partial charge < -0.3 is 97.0 Å². The quantitative estimate of drug-likeness (QED) is 0.0978. The molecule has 2 aromatic carbocycles. The van der Waals surface area contributed by atoms with E-state index in [9.17, 15) is 49.8 Å². The maximum absolute atomic E-state index is 15.0. The highest BCUT2D eigenvalue weighted by molar-refractivity contribution is 6.38. The second-order valence-electron chi connectivity index (χ2n) is 22.4. The molecule has 5 saturated heterocycles. The number of ether oxygens (including phenoxy) is 14. The van der Waals surface area contributed by atoms with Crippen molar-refractivity contribution in [3.63, 3.8) is 0 Å². The van der Waals surface area contributed by atoms with Gasteiger partial charge in [0.1, 0.15) is 59.5 Å². The van der Waals surface area contributed by atoms with Crippen LogP contribution in [-0.4, -0.2) is 209 Å². The van der Waals surface area contributed by atoms with Gasteiger partial charge in [0.2, 0.25) is 12.1 Å². The molecule has 2 aromatic rings. The summed E-state index contributed by atoms with van der Waals surface area (Å²) in [5.74, 6) is -6.01. The van der Waals surface area contributed by atoms with E-state index in [0.29, 0.717) is 0 Å². The first kappa shape index (κ1) is 62.5. The maximum atomic E-state index is 15.0. The number of aromatic hydroxyl groups is 2. The Morgan fingerprint density at radius 3 is 1.77 bits per heavy atom. The van der Waals surface area contributed by atoms with Crippen LogP contribution in [0.15, 0.2) is 12.1 Å². The number of Topliss-reactive ketones (excluding diaryl/α,β-unsaturated/α-hetero) is 3. The van der Waals surface area contributed by atoms with Crippen molar-refractivity contribution in [1.29, 1.82) is 0 Å². The molecule has 0 amide bonds. The van der Waals surface area contributed by atoms with Crippen LogP contribution in [0.1, 0.15) is 116 Å². The molecule has 5 heterocycles. The van der Waals surface area contributed by atoms with Gasteiger partial charge >= 0.3 is 11.9 Å². The Morgan fingerprint density at radius 2 is 1.20 bits per heavy atom. The molecule has 25 nitrogen and oxygen atoms in total. The van der Waals surface area contributed by atoms with Crippen LogP contribution in [0.4, 0.5) is 0 Å². The third-order valence-corrected chi connectivity index (χ3v) is 16.2. The highest BCUT2D eigenvalue weighted by Crippen LogP contribution is 2.48. The Bertz CT molecular complexity index is 2610. The second kappa shape index (κ2) is 25.3.